The van der Waals surface area contributed by atoms with Crippen LogP contribution >= 0.6 is 11.3 Å². The standard InChI is InChI=1S/C18H25NS/c1-5-14-8-9-16(12-15(14)6-2)17(19-7-3)18-13(4)10-11-20-18/h8-12,17,19H,5-7H2,1-4H3. The summed E-state index contributed by atoms with van der Waals surface area (Å²) < 4.78 is 0. The smallest absolute Gasteiger partial charge is 0.0673 e. The van der Waals surface area contributed by atoms with Gasteiger partial charge in [0.05, 0.1) is 6.04 Å². The summed E-state index contributed by atoms with van der Waals surface area (Å²) in [5, 5.41) is 5.83. The van der Waals surface area contributed by atoms with E-state index in [2.05, 4.69) is 62.7 Å². The van der Waals surface area contributed by atoms with Gasteiger partial charge in [0.25, 0.3) is 0 Å². The second-order valence-corrected chi connectivity index (χ2v) is 6.14. The fraction of sp³-hybridized carbons (Fsp3) is 0.444. The number of hydrogen-bond donors (Lipinski definition) is 1. The van der Waals surface area contributed by atoms with Gasteiger partial charge in [-0.25, -0.2) is 0 Å². The van der Waals surface area contributed by atoms with E-state index in [9.17, 15) is 0 Å². The minimum absolute atomic E-state index is 0.330. The van der Waals surface area contributed by atoms with Gasteiger partial charge in [0.15, 0.2) is 0 Å². The molecule has 0 saturated carbocycles. The normalized spacial score (nSPS) is 12.6. The minimum atomic E-state index is 0.330. The molecule has 1 heterocycles. The van der Waals surface area contributed by atoms with Gasteiger partial charge in [-0.3, -0.25) is 0 Å². The predicted molar refractivity (Wildman–Crippen MR) is 89.8 cm³/mol. The maximum atomic E-state index is 3.64. The molecule has 0 saturated heterocycles. The average Bonchev–Trinajstić information content (AvgIpc) is 2.90. The Morgan fingerprint density at radius 2 is 1.80 bits per heavy atom. The van der Waals surface area contributed by atoms with Crippen molar-refractivity contribution in [2.24, 2.45) is 0 Å². The lowest BCUT2D eigenvalue weighted by Crippen LogP contribution is -2.22. The van der Waals surface area contributed by atoms with Crippen LogP contribution in [0.25, 0.3) is 0 Å². The Balaban J connectivity index is 2.42. The van der Waals surface area contributed by atoms with Crippen molar-refractivity contribution in [2.45, 2.75) is 46.6 Å². The van der Waals surface area contributed by atoms with E-state index in [-0.39, 0.29) is 0 Å². The van der Waals surface area contributed by atoms with Gasteiger partial charge in [0, 0.05) is 4.88 Å². The van der Waals surface area contributed by atoms with E-state index in [1.165, 1.54) is 27.1 Å². The number of hydrogen-bond acceptors (Lipinski definition) is 2. The van der Waals surface area contributed by atoms with Gasteiger partial charge in [-0.1, -0.05) is 39.0 Å². The quantitative estimate of drug-likeness (QED) is 0.798. The first-order valence-electron chi connectivity index (χ1n) is 7.60. The molecule has 0 aliphatic heterocycles. The molecular formula is C18H25NS. The summed E-state index contributed by atoms with van der Waals surface area (Å²) in [4.78, 5) is 1.44. The summed E-state index contributed by atoms with van der Waals surface area (Å²) in [5.74, 6) is 0. The van der Waals surface area contributed by atoms with Gasteiger partial charge in [-0.15, -0.1) is 11.3 Å². The summed E-state index contributed by atoms with van der Waals surface area (Å²) in [5.41, 5.74) is 5.75. The fourth-order valence-electron chi connectivity index (χ4n) is 2.75. The third kappa shape index (κ3) is 3.13. The summed E-state index contributed by atoms with van der Waals surface area (Å²) in [6, 6.07) is 9.54. The van der Waals surface area contributed by atoms with Gasteiger partial charge in [-0.05, 0) is 60.0 Å². The third-order valence-corrected chi connectivity index (χ3v) is 4.98. The lowest BCUT2D eigenvalue weighted by molar-refractivity contribution is 0.636. The first kappa shape index (κ1) is 15.3. The van der Waals surface area contributed by atoms with E-state index in [0.29, 0.717) is 6.04 Å². The van der Waals surface area contributed by atoms with E-state index in [1.54, 1.807) is 0 Å². The molecule has 0 radical (unpaired) electrons. The Morgan fingerprint density at radius 3 is 2.35 bits per heavy atom. The van der Waals surface area contributed by atoms with Crippen LogP contribution in [0.3, 0.4) is 0 Å². The predicted octanol–water partition coefficient (Wildman–Crippen LogP) is 4.88. The number of rotatable bonds is 6. The van der Waals surface area contributed by atoms with Crippen molar-refractivity contribution in [3.05, 3.63) is 56.8 Å². The van der Waals surface area contributed by atoms with Crippen molar-refractivity contribution in [3.8, 4) is 0 Å². The van der Waals surface area contributed by atoms with Crippen LogP contribution in [0.5, 0.6) is 0 Å². The Morgan fingerprint density at radius 1 is 1.05 bits per heavy atom. The second kappa shape index (κ2) is 7.05. The molecule has 1 N–H and O–H groups in total. The molecule has 1 aromatic carbocycles. The van der Waals surface area contributed by atoms with Crippen molar-refractivity contribution in [2.75, 3.05) is 6.54 Å². The molecule has 1 unspecified atom stereocenters. The highest BCUT2D eigenvalue weighted by atomic mass is 32.1. The highest BCUT2D eigenvalue weighted by Gasteiger charge is 2.17. The van der Waals surface area contributed by atoms with Crippen LogP contribution in [-0.4, -0.2) is 6.54 Å². The van der Waals surface area contributed by atoms with Crippen LogP contribution < -0.4 is 5.32 Å². The maximum Gasteiger partial charge on any atom is 0.0673 e. The molecule has 0 fully saturated rings. The first-order valence-corrected chi connectivity index (χ1v) is 8.48. The summed E-state index contributed by atoms with van der Waals surface area (Å²) in [6.07, 6.45) is 2.23. The van der Waals surface area contributed by atoms with Crippen LogP contribution in [0.15, 0.2) is 29.6 Å². The van der Waals surface area contributed by atoms with Gasteiger partial charge in [0.1, 0.15) is 0 Å². The molecule has 2 rings (SSSR count). The van der Waals surface area contributed by atoms with Crippen molar-refractivity contribution in [1.82, 2.24) is 5.32 Å². The Kier molecular flexibility index (Phi) is 5.38. The molecule has 108 valence electrons. The third-order valence-electron chi connectivity index (χ3n) is 3.90. The monoisotopic (exact) mass is 287 g/mol. The van der Waals surface area contributed by atoms with Crippen LogP contribution in [0.4, 0.5) is 0 Å². The summed E-state index contributed by atoms with van der Waals surface area (Å²) >= 11 is 1.85. The molecular weight excluding hydrogens is 262 g/mol. The van der Waals surface area contributed by atoms with Crippen molar-refractivity contribution in [1.29, 1.82) is 0 Å². The van der Waals surface area contributed by atoms with Gasteiger partial charge >= 0.3 is 0 Å². The summed E-state index contributed by atoms with van der Waals surface area (Å²) in [7, 11) is 0. The molecule has 1 nitrogen and oxygen atoms in total. The fourth-order valence-corrected chi connectivity index (χ4v) is 3.77. The van der Waals surface area contributed by atoms with E-state index in [1.807, 2.05) is 11.3 Å². The molecule has 1 aromatic heterocycles. The molecule has 0 aliphatic carbocycles. The topological polar surface area (TPSA) is 12.0 Å². The largest absolute Gasteiger partial charge is 0.306 e. The molecule has 0 amide bonds. The lowest BCUT2D eigenvalue weighted by atomic mass is 9.95. The van der Waals surface area contributed by atoms with E-state index in [4.69, 9.17) is 0 Å². The lowest BCUT2D eigenvalue weighted by Gasteiger charge is -2.20. The number of aryl methyl sites for hydroxylation is 3. The van der Waals surface area contributed by atoms with E-state index in [0.717, 1.165) is 19.4 Å². The van der Waals surface area contributed by atoms with Crippen molar-refractivity contribution >= 4 is 11.3 Å². The minimum Gasteiger partial charge on any atom is -0.306 e. The zero-order chi connectivity index (χ0) is 14.5. The van der Waals surface area contributed by atoms with Gasteiger partial charge < -0.3 is 5.32 Å². The van der Waals surface area contributed by atoms with Crippen LogP contribution in [-0.2, 0) is 12.8 Å². The van der Waals surface area contributed by atoms with Crippen LogP contribution in [0.1, 0.15) is 53.9 Å². The molecule has 0 bridgehead atoms. The molecule has 0 spiro atoms. The van der Waals surface area contributed by atoms with E-state index >= 15 is 0 Å². The number of thiophene rings is 1. The van der Waals surface area contributed by atoms with Crippen LogP contribution in [0, 0.1) is 6.92 Å². The Bertz CT molecular complexity index is 556. The zero-order valence-corrected chi connectivity index (χ0v) is 13.8. The Hall–Kier alpha value is -1.12. The zero-order valence-electron chi connectivity index (χ0n) is 13.0. The van der Waals surface area contributed by atoms with Crippen molar-refractivity contribution < 1.29 is 0 Å². The highest BCUT2D eigenvalue weighted by Crippen LogP contribution is 2.30. The second-order valence-electron chi connectivity index (χ2n) is 5.19. The number of nitrogens with one attached hydrogen (secondary N) is 1. The van der Waals surface area contributed by atoms with Crippen LogP contribution in [0.2, 0.25) is 0 Å². The van der Waals surface area contributed by atoms with Crippen molar-refractivity contribution in [3.63, 3.8) is 0 Å². The molecule has 1 atom stereocenters. The molecule has 2 heteroatoms. The Labute approximate surface area is 127 Å². The summed E-state index contributed by atoms with van der Waals surface area (Å²) in [6.45, 7) is 9.85. The highest BCUT2D eigenvalue weighted by molar-refractivity contribution is 7.10. The SMILES string of the molecule is CCNC(c1ccc(CC)c(CC)c1)c1sccc1C. The first-order chi connectivity index (χ1) is 9.71. The van der Waals surface area contributed by atoms with E-state index < -0.39 is 0 Å². The molecule has 0 aliphatic rings. The average molecular weight is 287 g/mol. The maximum absolute atomic E-state index is 3.64. The molecule has 2 aromatic rings. The van der Waals surface area contributed by atoms with Gasteiger partial charge in [0.2, 0.25) is 0 Å². The molecule has 20 heavy (non-hydrogen) atoms. The number of benzene rings is 1. The van der Waals surface area contributed by atoms with Gasteiger partial charge in [-0.2, -0.15) is 0 Å².